The second kappa shape index (κ2) is 11.7. The zero-order valence-corrected chi connectivity index (χ0v) is 20.8. The summed E-state index contributed by atoms with van der Waals surface area (Å²) in [6, 6.07) is 9.57. The molecule has 2 rings (SSSR count). The van der Waals surface area contributed by atoms with Gasteiger partial charge in [-0.05, 0) is 43.2 Å². The van der Waals surface area contributed by atoms with Gasteiger partial charge in [-0.25, -0.2) is 12.8 Å². The van der Waals surface area contributed by atoms with Crippen molar-refractivity contribution in [2.24, 2.45) is 0 Å². The number of anilines is 1. The van der Waals surface area contributed by atoms with Crippen molar-refractivity contribution in [2.75, 3.05) is 24.2 Å². The van der Waals surface area contributed by atoms with Crippen LogP contribution in [0.4, 0.5) is 10.1 Å². The first-order chi connectivity index (χ1) is 15.5. The van der Waals surface area contributed by atoms with E-state index in [1.54, 1.807) is 25.1 Å². The molecule has 0 aliphatic rings. The number of rotatable bonds is 10. The summed E-state index contributed by atoms with van der Waals surface area (Å²) in [4.78, 5) is 26.7. The monoisotopic (exact) mass is 517 g/mol. The van der Waals surface area contributed by atoms with Crippen LogP contribution in [0.15, 0.2) is 42.5 Å². The van der Waals surface area contributed by atoms with Gasteiger partial charge in [-0.3, -0.25) is 13.9 Å². The van der Waals surface area contributed by atoms with Crippen molar-refractivity contribution in [3.05, 3.63) is 63.9 Å². The molecule has 33 heavy (non-hydrogen) atoms. The Kier molecular flexibility index (Phi) is 9.51. The van der Waals surface area contributed by atoms with Crippen molar-refractivity contribution in [1.82, 2.24) is 10.2 Å². The van der Waals surface area contributed by atoms with Gasteiger partial charge in [-0.15, -0.1) is 0 Å². The van der Waals surface area contributed by atoms with Gasteiger partial charge in [0.05, 0.1) is 11.9 Å². The number of halogens is 3. The molecule has 1 unspecified atom stereocenters. The molecule has 1 atom stereocenters. The fourth-order valence-electron chi connectivity index (χ4n) is 3.26. The van der Waals surface area contributed by atoms with E-state index in [0.717, 1.165) is 10.6 Å². The molecule has 0 saturated heterocycles. The predicted octanol–water partition coefficient (Wildman–Crippen LogP) is 3.84. The Hall–Kier alpha value is -2.36. The molecular weight excluding hydrogens is 492 g/mol. The molecule has 2 amide bonds. The topological polar surface area (TPSA) is 86.8 Å². The quantitative estimate of drug-likeness (QED) is 0.518. The van der Waals surface area contributed by atoms with Gasteiger partial charge in [0.1, 0.15) is 11.9 Å². The number of hydrogen-bond donors (Lipinski definition) is 1. The molecule has 0 fully saturated rings. The molecule has 2 aromatic carbocycles. The number of likely N-dealkylation sites (N-methyl/N-ethyl adjacent to an activating group) is 1. The summed E-state index contributed by atoms with van der Waals surface area (Å²) in [5.41, 5.74) is 0.519. The maximum atomic E-state index is 14.2. The van der Waals surface area contributed by atoms with Gasteiger partial charge in [0.15, 0.2) is 0 Å². The van der Waals surface area contributed by atoms with Crippen LogP contribution >= 0.6 is 23.2 Å². The van der Waals surface area contributed by atoms with E-state index in [-0.39, 0.29) is 43.4 Å². The molecule has 0 heterocycles. The third kappa shape index (κ3) is 7.31. The molecule has 7 nitrogen and oxygen atoms in total. The van der Waals surface area contributed by atoms with Crippen LogP contribution in [0.25, 0.3) is 0 Å². The molecule has 180 valence electrons. The Morgan fingerprint density at radius 1 is 1.15 bits per heavy atom. The highest BCUT2D eigenvalue weighted by Crippen LogP contribution is 2.25. The van der Waals surface area contributed by atoms with Crippen molar-refractivity contribution in [3.63, 3.8) is 0 Å². The van der Waals surface area contributed by atoms with Gasteiger partial charge < -0.3 is 10.2 Å². The molecule has 0 saturated carbocycles. The molecule has 2 aromatic rings. The van der Waals surface area contributed by atoms with Crippen molar-refractivity contribution < 1.29 is 22.4 Å². The molecule has 0 aliphatic carbocycles. The Morgan fingerprint density at radius 3 is 2.39 bits per heavy atom. The number of carbonyl (C=O) groups excluding carboxylic acids is 2. The molecular formula is C22H26Cl2FN3O4S. The van der Waals surface area contributed by atoms with E-state index in [1.807, 2.05) is 0 Å². The average molecular weight is 518 g/mol. The van der Waals surface area contributed by atoms with E-state index in [4.69, 9.17) is 23.2 Å². The number of nitrogens with zero attached hydrogens (tertiary/aromatic N) is 2. The molecule has 0 aromatic heterocycles. The lowest BCUT2D eigenvalue weighted by molar-refractivity contribution is -0.140. The molecule has 0 aliphatic heterocycles. The van der Waals surface area contributed by atoms with Crippen molar-refractivity contribution in [1.29, 1.82) is 0 Å². The third-order valence-corrected chi connectivity index (χ3v) is 6.81. The fraction of sp³-hybridized carbons (Fsp3) is 0.364. The molecule has 11 heteroatoms. The molecule has 1 N–H and O–H groups in total. The normalized spacial score (nSPS) is 12.2. The van der Waals surface area contributed by atoms with Crippen LogP contribution in [0.1, 0.15) is 25.3 Å². The summed E-state index contributed by atoms with van der Waals surface area (Å²) >= 11 is 12.2. The van der Waals surface area contributed by atoms with Gasteiger partial charge in [0, 0.05) is 36.6 Å². The van der Waals surface area contributed by atoms with E-state index in [9.17, 15) is 22.4 Å². The van der Waals surface area contributed by atoms with E-state index in [1.165, 1.54) is 36.2 Å². The maximum absolute atomic E-state index is 14.2. The Morgan fingerprint density at radius 2 is 1.82 bits per heavy atom. The second-order valence-corrected chi connectivity index (χ2v) is 10.2. The number of nitrogens with one attached hydrogen (secondary N) is 1. The van der Waals surface area contributed by atoms with Crippen molar-refractivity contribution >= 4 is 50.7 Å². The zero-order chi connectivity index (χ0) is 24.8. The van der Waals surface area contributed by atoms with Gasteiger partial charge in [0.25, 0.3) is 0 Å². The largest absolute Gasteiger partial charge is 0.357 e. The summed E-state index contributed by atoms with van der Waals surface area (Å²) < 4.78 is 39.6. The Balaban J connectivity index is 2.19. The van der Waals surface area contributed by atoms with E-state index >= 15 is 0 Å². The first kappa shape index (κ1) is 26.9. The molecule has 0 radical (unpaired) electrons. The number of amides is 2. The van der Waals surface area contributed by atoms with Crippen LogP contribution in [-0.4, -0.2) is 51.0 Å². The highest BCUT2D eigenvalue weighted by molar-refractivity contribution is 7.92. The number of carbonyl (C=O) groups is 2. The lowest BCUT2D eigenvalue weighted by Gasteiger charge is -2.29. The third-order valence-electron chi connectivity index (χ3n) is 5.04. The number of benzene rings is 2. The smallest absolute Gasteiger partial charge is 0.242 e. The second-order valence-electron chi connectivity index (χ2n) is 7.44. The van der Waals surface area contributed by atoms with E-state index in [0.29, 0.717) is 15.6 Å². The maximum Gasteiger partial charge on any atom is 0.242 e. The number of sulfonamides is 1. The summed E-state index contributed by atoms with van der Waals surface area (Å²) in [6.45, 7) is 1.55. The SMILES string of the molecule is CNC(=O)C(C)N(Cc1ccc(Cl)cc1Cl)C(=O)CCCN(c1ccccc1F)S(C)(=O)=O. The Bertz CT molecular complexity index is 1110. The predicted molar refractivity (Wildman–Crippen MR) is 128 cm³/mol. The van der Waals surface area contributed by atoms with Crippen molar-refractivity contribution in [2.45, 2.75) is 32.4 Å². The van der Waals surface area contributed by atoms with Crippen LogP contribution in [-0.2, 0) is 26.2 Å². The summed E-state index contributed by atoms with van der Waals surface area (Å²) in [5.74, 6) is -1.42. The van der Waals surface area contributed by atoms with Gasteiger partial charge in [-0.1, -0.05) is 41.4 Å². The first-order valence-corrected chi connectivity index (χ1v) is 12.7. The molecule has 0 spiro atoms. The van der Waals surface area contributed by atoms with Gasteiger partial charge in [-0.2, -0.15) is 0 Å². The Labute approximate surface area is 203 Å². The van der Waals surface area contributed by atoms with Crippen LogP contribution in [0.3, 0.4) is 0 Å². The molecule has 0 bridgehead atoms. The summed E-state index contributed by atoms with van der Waals surface area (Å²) in [5, 5.41) is 3.31. The number of hydrogen-bond acceptors (Lipinski definition) is 4. The summed E-state index contributed by atoms with van der Waals surface area (Å²) in [6.07, 6.45) is 1.03. The summed E-state index contributed by atoms with van der Waals surface area (Å²) in [7, 11) is -2.31. The van der Waals surface area contributed by atoms with Crippen molar-refractivity contribution in [3.8, 4) is 0 Å². The van der Waals surface area contributed by atoms with Crippen LogP contribution in [0.5, 0.6) is 0 Å². The van der Waals surface area contributed by atoms with Gasteiger partial charge in [0.2, 0.25) is 21.8 Å². The van der Waals surface area contributed by atoms with Crippen LogP contribution in [0, 0.1) is 5.82 Å². The van der Waals surface area contributed by atoms with Crippen LogP contribution < -0.4 is 9.62 Å². The highest BCUT2D eigenvalue weighted by atomic mass is 35.5. The van der Waals surface area contributed by atoms with E-state index in [2.05, 4.69) is 5.32 Å². The van der Waals surface area contributed by atoms with Crippen LogP contribution in [0.2, 0.25) is 10.0 Å². The minimum atomic E-state index is -3.78. The zero-order valence-electron chi connectivity index (χ0n) is 18.5. The minimum Gasteiger partial charge on any atom is -0.357 e. The fourth-order valence-corrected chi connectivity index (χ4v) is 4.70. The van der Waals surface area contributed by atoms with Gasteiger partial charge >= 0.3 is 0 Å². The highest BCUT2D eigenvalue weighted by Gasteiger charge is 2.27. The standard InChI is InChI=1S/C22H26Cl2FN3O4S/c1-15(22(30)26-2)27(14-16-10-11-17(23)13-18(16)24)21(29)9-6-12-28(33(3,31)32)20-8-5-4-7-19(20)25/h4-5,7-8,10-11,13,15H,6,9,12,14H2,1-3H3,(H,26,30). The first-order valence-electron chi connectivity index (χ1n) is 10.1. The lowest BCUT2D eigenvalue weighted by atomic mass is 10.1. The minimum absolute atomic E-state index is 0.0620. The average Bonchev–Trinajstić information content (AvgIpc) is 2.75. The van der Waals surface area contributed by atoms with E-state index < -0.39 is 21.9 Å². The lowest BCUT2D eigenvalue weighted by Crippen LogP contribution is -2.46. The number of para-hydroxylation sites is 1.